The molecular formula is C19H27ClN2O4. The van der Waals surface area contributed by atoms with E-state index in [1.807, 2.05) is 20.8 Å². The van der Waals surface area contributed by atoms with Crippen LogP contribution in [0.4, 0.5) is 5.69 Å². The molecule has 3 N–H and O–H groups in total. The van der Waals surface area contributed by atoms with Gasteiger partial charge in [-0.2, -0.15) is 0 Å². The van der Waals surface area contributed by atoms with Crippen LogP contribution in [-0.2, 0) is 14.3 Å². The number of methoxy groups -OCH3 is 1. The third-order valence-corrected chi connectivity index (χ3v) is 5.97. The van der Waals surface area contributed by atoms with Gasteiger partial charge in [-0.3, -0.25) is 4.79 Å². The lowest BCUT2D eigenvalue weighted by Gasteiger charge is -2.65. The van der Waals surface area contributed by atoms with Crippen molar-refractivity contribution in [3.05, 3.63) is 29.3 Å². The third-order valence-electron chi connectivity index (χ3n) is 5.97. The van der Waals surface area contributed by atoms with Gasteiger partial charge >= 0.3 is 5.97 Å². The second kappa shape index (κ2) is 7.18. The van der Waals surface area contributed by atoms with Crippen LogP contribution in [0.3, 0.4) is 0 Å². The SMILES string of the molecule is COC(=O)c1ccc(C)c(NC(=O)C2(N)C3CCCOC3C2(C)C)c1.Cl. The van der Waals surface area contributed by atoms with Gasteiger partial charge in [0.15, 0.2) is 0 Å². The van der Waals surface area contributed by atoms with Crippen LogP contribution in [0.2, 0.25) is 0 Å². The molecule has 1 aromatic rings. The number of esters is 1. The van der Waals surface area contributed by atoms with E-state index in [4.69, 9.17) is 15.2 Å². The molecule has 7 heteroatoms. The summed E-state index contributed by atoms with van der Waals surface area (Å²) >= 11 is 0. The lowest BCUT2D eigenvalue weighted by molar-refractivity contribution is -0.222. The fraction of sp³-hybridized carbons (Fsp3) is 0.579. The molecule has 6 nitrogen and oxygen atoms in total. The van der Waals surface area contributed by atoms with E-state index in [1.54, 1.807) is 18.2 Å². The van der Waals surface area contributed by atoms with Gasteiger partial charge in [0.05, 0.1) is 18.8 Å². The van der Waals surface area contributed by atoms with Crippen molar-refractivity contribution in [2.24, 2.45) is 17.1 Å². The number of anilines is 1. The van der Waals surface area contributed by atoms with Gasteiger partial charge in [-0.25, -0.2) is 4.79 Å². The molecule has 1 aliphatic heterocycles. The molecule has 1 heterocycles. The molecule has 1 saturated carbocycles. The van der Waals surface area contributed by atoms with E-state index >= 15 is 0 Å². The molecule has 2 fully saturated rings. The minimum Gasteiger partial charge on any atom is -0.465 e. The highest BCUT2D eigenvalue weighted by atomic mass is 35.5. The third kappa shape index (κ3) is 2.90. The lowest BCUT2D eigenvalue weighted by atomic mass is 9.46. The summed E-state index contributed by atoms with van der Waals surface area (Å²) in [6.45, 7) is 6.56. The number of nitrogens with one attached hydrogen (secondary N) is 1. The maximum absolute atomic E-state index is 13.1. The maximum Gasteiger partial charge on any atom is 0.337 e. The van der Waals surface area contributed by atoms with Crippen molar-refractivity contribution in [2.75, 3.05) is 19.0 Å². The molecule has 3 unspecified atom stereocenters. The summed E-state index contributed by atoms with van der Waals surface area (Å²) in [4.78, 5) is 24.8. The number of fused-ring (bicyclic) bond motifs is 1. The summed E-state index contributed by atoms with van der Waals surface area (Å²) < 4.78 is 10.6. The minimum absolute atomic E-state index is 0. The van der Waals surface area contributed by atoms with Crippen LogP contribution in [-0.4, -0.2) is 37.2 Å². The highest BCUT2D eigenvalue weighted by molar-refractivity contribution is 6.01. The van der Waals surface area contributed by atoms with E-state index in [2.05, 4.69) is 5.32 Å². The normalized spacial score (nSPS) is 28.8. The molecule has 1 aliphatic carbocycles. The molecule has 1 saturated heterocycles. The Bertz CT molecular complexity index is 721. The number of carbonyl (C=O) groups excluding carboxylic acids is 2. The molecule has 1 amide bonds. The van der Waals surface area contributed by atoms with Crippen molar-refractivity contribution in [1.82, 2.24) is 0 Å². The predicted octanol–water partition coefficient (Wildman–Crippen LogP) is 2.67. The number of amides is 1. The number of nitrogens with two attached hydrogens (primary N) is 1. The Morgan fingerprint density at radius 3 is 2.69 bits per heavy atom. The molecule has 0 radical (unpaired) electrons. The topological polar surface area (TPSA) is 90.7 Å². The van der Waals surface area contributed by atoms with Gasteiger partial charge in [0, 0.05) is 23.6 Å². The first-order chi connectivity index (χ1) is 11.7. The average Bonchev–Trinajstić information content (AvgIpc) is 2.61. The Labute approximate surface area is 160 Å². The highest BCUT2D eigenvalue weighted by Crippen LogP contribution is 2.57. The Morgan fingerprint density at radius 1 is 1.35 bits per heavy atom. The zero-order valence-electron chi connectivity index (χ0n) is 15.6. The monoisotopic (exact) mass is 382 g/mol. The van der Waals surface area contributed by atoms with Crippen molar-refractivity contribution in [3.63, 3.8) is 0 Å². The Hall–Kier alpha value is -1.63. The molecule has 26 heavy (non-hydrogen) atoms. The first-order valence-electron chi connectivity index (χ1n) is 8.64. The van der Waals surface area contributed by atoms with Crippen molar-refractivity contribution in [1.29, 1.82) is 0 Å². The second-order valence-corrected chi connectivity index (χ2v) is 7.61. The Kier molecular flexibility index (Phi) is 5.71. The fourth-order valence-electron chi connectivity index (χ4n) is 4.26. The minimum atomic E-state index is -0.994. The molecule has 144 valence electrons. The average molecular weight is 383 g/mol. The molecule has 1 aromatic carbocycles. The predicted molar refractivity (Wildman–Crippen MR) is 102 cm³/mol. The molecular weight excluding hydrogens is 356 g/mol. The Balaban J connectivity index is 0.00000243. The zero-order chi connectivity index (χ0) is 18.4. The van der Waals surface area contributed by atoms with Crippen LogP contribution < -0.4 is 11.1 Å². The number of halogens is 1. The summed E-state index contributed by atoms with van der Waals surface area (Å²) in [7, 11) is 1.33. The number of ether oxygens (including phenoxy) is 2. The van der Waals surface area contributed by atoms with Gasteiger partial charge in [-0.15, -0.1) is 12.4 Å². The van der Waals surface area contributed by atoms with Gasteiger partial charge < -0.3 is 20.5 Å². The fourth-order valence-corrected chi connectivity index (χ4v) is 4.26. The molecule has 0 bridgehead atoms. The first-order valence-corrected chi connectivity index (χ1v) is 8.64. The van der Waals surface area contributed by atoms with E-state index in [0.29, 0.717) is 11.3 Å². The number of aryl methyl sites for hydroxylation is 1. The van der Waals surface area contributed by atoms with Crippen LogP contribution in [0.25, 0.3) is 0 Å². The molecule has 0 spiro atoms. The number of hydrogen-bond acceptors (Lipinski definition) is 5. The van der Waals surface area contributed by atoms with Gasteiger partial charge in [0.1, 0.15) is 5.54 Å². The standard InChI is InChI=1S/C19H26N2O4.ClH/c1-11-7-8-12(16(22)24-4)10-14(11)21-17(23)19(20)13-6-5-9-25-15(13)18(19,2)3;/h7-8,10,13,15H,5-6,9,20H2,1-4H3,(H,21,23);1H. The van der Waals surface area contributed by atoms with Gasteiger partial charge in [0.2, 0.25) is 5.91 Å². The van der Waals surface area contributed by atoms with Crippen LogP contribution in [0.1, 0.15) is 42.6 Å². The zero-order valence-corrected chi connectivity index (χ0v) is 16.4. The van der Waals surface area contributed by atoms with Crippen molar-refractivity contribution in [2.45, 2.75) is 45.3 Å². The van der Waals surface area contributed by atoms with Crippen molar-refractivity contribution in [3.8, 4) is 0 Å². The van der Waals surface area contributed by atoms with Crippen LogP contribution >= 0.6 is 12.4 Å². The van der Waals surface area contributed by atoms with Crippen LogP contribution in [0.15, 0.2) is 18.2 Å². The van der Waals surface area contributed by atoms with E-state index in [9.17, 15) is 9.59 Å². The van der Waals surface area contributed by atoms with E-state index in [0.717, 1.165) is 25.0 Å². The van der Waals surface area contributed by atoms with E-state index in [-0.39, 0.29) is 30.3 Å². The molecule has 2 aliphatic rings. The summed E-state index contributed by atoms with van der Waals surface area (Å²) in [5, 5.41) is 2.93. The van der Waals surface area contributed by atoms with E-state index < -0.39 is 16.9 Å². The summed E-state index contributed by atoms with van der Waals surface area (Å²) in [5.74, 6) is -0.655. The highest BCUT2D eigenvalue weighted by Gasteiger charge is 2.70. The number of hydrogen-bond donors (Lipinski definition) is 2. The van der Waals surface area contributed by atoms with E-state index in [1.165, 1.54) is 7.11 Å². The molecule has 3 atom stereocenters. The van der Waals surface area contributed by atoms with Crippen LogP contribution in [0.5, 0.6) is 0 Å². The smallest absolute Gasteiger partial charge is 0.337 e. The number of rotatable bonds is 3. The van der Waals surface area contributed by atoms with Gasteiger partial charge in [0.25, 0.3) is 0 Å². The lowest BCUT2D eigenvalue weighted by Crippen LogP contribution is -2.81. The summed E-state index contributed by atoms with van der Waals surface area (Å²) in [5.41, 5.74) is 7.00. The summed E-state index contributed by atoms with van der Waals surface area (Å²) in [6.07, 6.45) is 1.82. The Morgan fingerprint density at radius 2 is 2.04 bits per heavy atom. The number of carbonyl (C=O) groups is 2. The largest absolute Gasteiger partial charge is 0.465 e. The molecule has 0 aromatic heterocycles. The first kappa shape index (κ1) is 20.7. The maximum atomic E-state index is 13.1. The quantitative estimate of drug-likeness (QED) is 0.784. The van der Waals surface area contributed by atoms with Crippen LogP contribution in [0, 0.1) is 18.3 Å². The van der Waals surface area contributed by atoms with Gasteiger partial charge in [-0.1, -0.05) is 19.9 Å². The molecule has 3 rings (SSSR count). The summed E-state index contributed by atoms with van der Waals surface area (Å²) in [6, 6.07) is 5.08. The van der Waals surface area contributed by atoms with Crippen molar-refractivity contribution >= 4 is 30.0 Å². The number of benzene rings is 1. The van der Waals surface area contributed by atoms with Crippen molar-refractivity contribution < 1.29 is 19.1 Å². The second-order valence-electron chi connectivity index (χ2n) is 7.61. The van der Waals surface area contributed by atoms with Gasteiger partial charge in [-0.05, 0) is 37.5 Å².